The number of rotatable bonds is 3. The second-order valence-electron chi connectivity index (χ2n) is 5.43. The summed E-state index contributed by atoms with van der Waals surface area (Å²) in [6.07, 6.45) is 2.56. The van der Waals surface area contributed by atoms with Gasteiger partial charge in [-0.15, -0.1) is 0 Å². The van der Waals surface area contributed by atoms with E-state index < -0.39 is 0 Å². The molecular weight excluding hydrogens is 252 g/mol. The van der Waals surface area contributed by atoms with Gasteiger partial charge in [-0.3, -0.25) is 20.6 Å². The second-order valence-corrected chi connectivity index (χ2v) is 5.43. The fourth-order valence-corrected chi connectivity index (χ4v) is 2.79. The first kappa shape index (κ1) is 13.0. The molecule has 5 heteroatoms. The molecular formula is C15H20N4O. The van der Waals surface area contributed by atoms with E-state index >= 15 is 0 Å². The van der Waals surface area contributed by atoms with Crippen LogP contribution in [0.15, 0.2) is 23.2 Å². The Kier molecular flexibility index (Phi) is 3.34. The largest absolute Gasteiger partial charge is 0.374 e. The lowest BCUT2D eigenvalue weighted by molar-refractivity contribution is -0.123. The number of anilines is 1. The number of fused-ring (bicyclic) bond motifs is 1. The number of benzene rings is 1. The Bertz CT molecular complexity index is 567. The summed E-state index contributed by atoms with van der Waals surface area (Å²) in [5.74, 6) is 0.787. The molecule has 106 valence electrons. The minimum absolute atomic E-state index is 0.0492. The SMILES string of the molecule is CCC1N=C(Cc2ccc3c(c2)CCN3C)NNC1=O. The molecule has 0 fully saturated rings. The van der Waals surface area contributed by atoms with E-state index in [-0.39, 0.29) is 11.9 Å². The maximum atomic E-state index is 11.5. The molecule has 1 atom stereocenters. The number of hydrazine groups is 1. The highest BCUT2D eigenvalue weighted by molar-refractivity contribution is 5.94. The molecule has 0 saturated heterocycles. The molecule has 5 nitrogen and oxygen atoms in total. The molecule has 0 saturated carbocycles. The van der Waals surface area contributed by atoms with Crippen LogP contribution in [0.2, 0.25) is 0 Å². The Labute approximate surface area is 119 Å². The number of amidine groups is 1. The van der Waals surface area contributed by atoms with Crippen molar-refractivity contribution in [1.82, 2.24) is 10.9 Å². The standard InChI is InChI=1S/C15H20N4O/c1-3-12-15(20)18-17-14(16-12)9-10-4-5-13-11(8-10)6-7-19(13)2/h4-5,8,12H,3,6-7,9H2,1-2H3,(H,16,17)(H,18,20). The molecule has 0 aliphatic carbocycles. The van der Waals surface area contributed by atoms with Crippen molar-refractivity contribution in [3.8, 4) is 0 Å². The lowest BCUT2D eigenvalue weighted by Gasteiger charge is -2.21. The topological polar surface area (TPSA) is 56.7 Å². The number of amides is 1. The summed E-state index contributed by atoms with van der Waals surface area (Å²) in [6, 6.07) is 6.31. The van der Waals surface area contributed by atoms with Gasteiger partial charge in [0.1, 0.15) is 11.9 Å². The van der Waals surface area contributed by atoms with Crippen molar-refractivity contribution >= 4 is 17.4 Å². The van der Waals surface area contributed by atoms with Gasteiger partial charge in [-0.05, 0) is 30.0 Å². The number of hydrogen-bond donors (Lipinski definition) is 2. The van der Waals surface area contributed by atoms with Gasteiger partial charge in [0.05, 0.1) is 0 Å². The van der Waals surface area contributed by atoms with Crippen LogP contribution in [0.25, 0.3) is 0 Å². The van der Waals surface area contributed by atoms with Crippen LogP contribution in [0.3, 0.4) is 0 Å². The molecule has 0 aromatic heterocycles. The first-order valence-corrected chi connectivity index (χ1v) is 7.13. The molecule has 2 aliphatic rings. The van der Waals surface area contributed by atoms with Crippen LogP contribution in [-0.2, 0) is 17.6 Å². The Morgan fingerprint density at radius 1 is 1.40 bits per heavy atom. The van der Waals surface area contributed by atoms with E-state index in [1.165, 1.54) is 16.8 Å². The van der Waals surface area contributed by atoms with Gasteiger partial charge in [-0.1, -0.05) is 19.1 Å². The van der Waals surface area contributed by atoms with Gasteiger partial charge in [-0.25, -0.2) is 0 Å². The highest BCUT2D eigenvalue weighted by Crippen LogP contribution is 2.27. The van der Waals surface area contributed by atoms with E-state index in [9.17, 15) is 4.79 Å². The molecule has 1 aromatic rings. The van der Waals surface area contributed by atoms with Gasteiger partial charge in [0.25, 0.3) is 5.91 Å². The number of aliphatic imine (C=N–C) groups is 1. The van der Waals surface area contributed by atoms with Crippen molar-refractivity contribution in [2.24, 2.45) is 4.99 Å². The first-order chi connectivity index (χ1) is 9.67. The zero-order chi connectivity index (χ0) is 14.1. The fourth-order valence-electron chi connectivity index (χ4n) is 2.79. The molecule has 0 radical (unpaired) electrons. The van der Waals surface area contributed by atoms with E-state index in [4.69, 9.17) is 0 Å². The second kappa shape index (κ2) is 5.15. The minimum Gasteiger partial charge on any atom is -0.374 e. The molecule has 2 N–H and O–H groups in total. The molecule has 1 unspecified atom stereocenters. The summed E-state index contributed by atoms with van der Waals surface area (Å²) in [7, 11) is 2.12. The average Bonchev–Trinajstić information content (AvgIpc) is 2.82. The minimum atomic E-state index is -0.258. The molecule has 2 heterocycles. The van der Waals surface area contributed by atoms with Crippen LogP contribution in [0.4, 0.5) is 5.69 Å². The Balaban J connectivity index is 1.77. The van der Waals surface area contributed by atoms with E-state index in [1.807, 2.05) is 6.92 Å². The van der Waals surface area contributed by atoms with Crippen molar-refractivity contribution < 1.29 is 4.79 Å². The van der Waals surface area contributed by atoms with Gasteiger partial charge in [0.15, 0.2) is 0 Å². The van der Waals surface area contributed by atoms with Gasteiger partial charge in [-0.2, -0.15) is 0 Å². The van der Waals surface area contributed by atoms with Crippen LogP contribution in [0, 0.1) is 0 Å². The van der Waals surface area contributed by atoms with Crippen LogP contribution >= 0.6 is 0 Å². The number of nitrogens with one attached hydrogen (secondary N) is 2. The normalized spacial score (nSPS) is 21.1. The number of nitrogens with zero attached hydrogens (tertiary/aromatic N) is 2. The van der Waals surface area contributed by atoms with E-state index in [2.05, 4.69) is 46.0 Å². The van der Waals surface area contributed by atoms with Gasteiger partial charge in [0.2, 0.25) is 0 Å². The number of hydrogen-bond acceptors (Lipinski definition) is 4. The number of carbonyl (C=O) groups excluding carboxylic acids is 1. The maximum Gasteiger partial charge on any atom is 0.263 e. The van der Waals surface area contributed by atoms with E-state index in [1.54, 1.807) is 0 Å². The smallest absolute Gasteiger partial charge is 0.263 e. The van der Waals surface area contributed by atoms with Crippen molar-refractivity contribution in [2.45, 2.75) is 32.2 Å². The molecule has 1 amide bonds. The van der Waals surface area contributed by atoms with Gasteiger partial charge in [0, 0.05) is 25.7 Å². The molecule has 0 bridgehead atoms. The third-order valence-electron chi connectivity index (χ3n) is 3.97. The van der Waals surface area contributed by atoms with Crippen molar-refractivity contribution in [2.75, 3.05) is 18.5 Å². The molecule has 1 aromatic carbocycles. The zero-order valence-corrected chi connectivity index (χ0v) is 11.9. The summed E-state index contributed by atoms with van der Waals surface area (Å²) in [4.78, 5) is 18.3. The maximum absolute atomic E-state index is 11.5. The predicted octanol–water partition coefficient (Wildman–Crippen LogP) is 1.03. The molecule has 2 aliphatic heterocycles. The van der Waals surface area contributed by atoms with Crippen LogP contribution in [0.5, 0.6) is 0 Å². The molecule has 0 spiro atoms. The number of carbonyl (C=O) groups is 1. The Hall–Kier alpha value is -2.04. The molecule has 3 rings (SSSR count). The predicted molar refractivity (Wildman–Crippen MR) is 79.9 cm³/mol. The summed E-state index contributed by atoms with van der Waals surface area (Å²) in [6.45, 7) is 3.06. The summed E-state index contributed by atoms with van der Waals surface area (Å²) in [5.41, 5.74) is 9.54. The van der Waals surface area contributed by atoms with Crippen molar-refractivity contribution in [3.05, 3.63) is 29.3 Å². The monoisotopic (exact) mass is 272 g/mol. The lowest BCUT2D eigenvalue weighted by Crippen LogP contribution is -2.51. The Morgan fingerprint density at radius 2 is 2.25 bits per heavy atom. The lowest BCUT2D eigenvalue weighted by atomic mass is 10.1. The summed E-state index contributed by atoms with van der Waals surface area (Å²) < 4.78 is 0. The highest BCUT2D eigenvalue weighted by Gasteiger charge is 2.21. The van der Waals surface area contributed by atoms with Crippen LogP contribution in [-0.4, -0.2) is 31.4 Å². The van der Waals surface area contributed by atoms with Gasteiger partial charge < -0.3 is 4.90 Å². The van der Waals surface area contributed by atoms with Crippen LogP contribution in [0.1, 0.15) is 24.5 Å². The van der Waals surface area contributed by atoms with Gasteiger partial charge >= 0.3 is 0 Å². The first-order valence-electron chi connectivity index (χ1n) is 7.13. The van der Waals surface area contributed by atoms with E-state index in [0.717, 1.165) is 31.6 Å². The average molecular weight is 272 g/mol. The Morgan fingerprint density at radius 3 is 3.05 bits per heavy atom. The highest BCUT2D eigenvalue weighted by atomic mass is 16.2. The third-order valence-corrected chi connectivity index (χ3v) is 3.97. The number of likely N-dealkylation sites (N-methyl/N-ethyl adjacent to an activating group) is 1. The summed E-state index contributed by atoms with van der Waals surface area (Å²) in [5, 5.41) is 0. The van der Waals surface area contributed by atoms with Crippen molar-refractivity contribution in [3.63, 3.8) is 0 Å². The van der Waals surface area contributed by atoms with Crippen LogP contribution < -0.4 is 15.8 Å². The van der Waals surface area contributed by atoms with E-state index in [0.29, 0.717) is 0 Å². The zero-order valence-electron chi connectivity index (χ0n) is 11.9. The molecule has 20 heavy (non-hydrogen) atoms. The van der Waals surface area contributed by atoms with Crippen molar-refractivity contribution in [1.29, 1.82) is 0 Å². The quantitative estimate of drug-likeness (QED) is 0.864. The third kappa shape index (κ3) is 2.35. The fraction of sp³-hybridized carbons (Fsp3) is 0.467. The summed E-state index contributed by atoms with van der Waals surface area (Å²) >= 11 is 0.